The van der Waals surface area contributed by atoms with Crippen molar-refractivity contribution in [1.82, 2.24) is 15.1 Å². The molecule has 164 valence electrons. The molecule has 32 heavy (non-hydrogen) atoms. The lowest BCUT2D eigenvalue weighted by Gasteiger charge is -2.32. The summed E-state index contributed by atoms with van der Waals surface area (Å²) in [6, 6.07) is 13.1. The van der Waals surface area contributed by atoms with Gasteiger partial charge in [0, 0.05) is 34.5 Å². The molecule has 0 amide bonds. The number of piperidine rings is 1. The average Bonchev–Trinajstić information content (AvgIpc) is 2.80. The molecule has 3 aromatic rings. The Morgan fingerprint density at radius 1 is 1.28 bits per heavy atom. The summed E-state index contributed by atoms with van der Waals surface area (Å²) in [5.41, 5.74) is 1.78. The molecule has 7 nitrogen and oxygen atoms in total. The number of aromatic hydroxyl groups is 1. The minimum Gasteiger partial charge on any atom is -0.507 e. The minimum atomic E-state index is -0.196. The van der Waals surface area contributed by atoms with E-state index in [1.807, 2.05) is 31.2 Å². The highest BCUT2D eigenvalue weighted by atomic mass is 16.5. The first kappa shape index (κ1) is 21.6. The second-order valence-corrected chi connectivity index (χ2v) is 7.84. The summed E-state index contributed by atoms with van der Waals surface area (Å²) in [4.78, 5) is 14.0. The monoisotopic (exact) mass is 430 g/mol. The van der Waals surface area contributed by atoms with Gasteiger partial charge in [-0.2, -0.15) is 0 Å². The Hall–Kier alpha value is -3.63. The van der Waals surface area contributed by atoms with Gasteiger partial charge in [-0.3, -0.25) is 9.69 Å². The van der Waals surface area contributed by atoms with E-state index in [4.69, 9.17) is 11.2 Å². The van der Waals surface area contributed by atoms with Crippen molar-refractivity contribution in [2.75, 3.05) is 31.6 Å². The summed E-state index contributed by atoms with van der Waals surface area (Å²) in [6.07, 6.45) is 7.39. The number of nitrogens with zero attached hydrogens (tertiary/aromatic N) is 3. The van der Waals surface area contributed by atoms with Gasteiger partial charge in [-0.15, -0.1) is 16.6 Å². The van der Waals surface area contributed by atoms with Crippen molar-refractivity contribution in [3.05, 3.63) is 48.0 Å². The number of hydrogen-bond acceptors (Lipinski definition) is 7. The van der Waals surface area contributed by atoms with Crippen molar-refractivity contribution in [3.8, 4) is 29.4 Å². The number of fused-ring (bicyclic) bond motifs is 1. The molecule has 0 spiro atoms. The molecule has 4 rings (SSSR count). The number of hydrogen-bond donors (Lipinski definition) is 2. The van der Waals surface area contributed by atoms with Gasteiger partial charge in [-0.25, -0.2) is 0 Å². The van der Waals surface area contributed by atoms with E-state index >= 15 is 0 Å². The summed E-state index contributed by atoms with van der Waals surface area (Å²) >= 11 is 0. The smallest absolute Gasteiger partial charge is 0.320 e. The van der Waals surface area contributed by atoms with Crippen LogP contribution in [0.2, 0.25) is 0 Å². The Labute approximate surface area is 187 Å². The number of likely N-dealkylation sites (tertiary alicyclic amines) is 1. The summed E-state index contributed by atoms with van der Waals surface area (Å²) in [5, 5.41) is 24.7. The molecular formula is C25H26N4O3. The zero-order valence-corrected chi connectivity index (χ0v) is 18.0. The lowest BCUT2D eigenvalue weighted by Crippen LogP contribution is -2.44. The number of esters is 1. The normalized spacial score (nSPS) is 16.4. The number of phenols is 1. The number of phenolic OH excluding ortho intramolecular Hbond substituents is 1. The fraction of sp³-hybridized carbons (Fsp3) is 0.320. The third-order valence-corrected chi connectivity index (χ3v) is 5.61. The molecule has 1 aliphatic heterocycles. The summed E-state index contributed by atoms with van der Waals surface area (Å²) in [6.45, 7) is 4.10. The molecule has 2 heterocycles. The topological polar surface area (TPSA) is 87.6 Å². The molecule has 1 aromatic heterocycles. The van der Waals surface area contributed by atoms with E-state index in [-0.39, 0.29) is 17.8 Å². The van der Waals surface area contributed by atoms with Gasteiger partial charge in [0.1, 0.15) is 11.4 Å². The van der Waals surface area contributed by atoms with Crippen molar-refractivity contribution in [1.29, 1.82) is 0 Å². The van der Waals surface area contributed by atoms with E-state index in [1.165, 1.54) is 0 Å². The second-order valence-electron chi connectivity index (χ2n) is 7.84. The standard InChI is InChI=1S/C25H26N4O3/c1-3-17-11-12-21(22(30)14-17)24-19-9-5-6-10-20(19)25(28-27-24)26-18-8-7-13-29(15-18)16-23(31)32-4-2/h1,5-6,9-12,14,18,30H,4,7-8,13,15-16H2,2H3,(H,26,28)/t18-/m1/s1. The van der Waals surface area contributed by atoms with E-state index in [2.05, 4.69) is 26.3 Å². The first-order chi connectivity index (χ1) is 15.6. The Morgan fingerprint density at radius 3 is 2.84 bits per heavy atom. The van der Waals surface area contributed by atoms with Crippen LogP contribution in [-0.4, -0.2) is 58.5 Å². The maximum atomic E-state index is 11.9. The highest BCUT2D eigenvalue weighted by Gasteiger charge is 2.23. The molecule has 2 N–H and O–H groups in total. The van der Waals surface area contributed by atoms with Crippen molar-refractivity contribution in [3.63, 3.8) is 0 Å². The lowest BCUT2D eigenvalue weighted by atomic mass is 10.0. The number of carbonyl (C=O) groups excluding carboxylic acids is 1. The van der Waals surface area contributed by atoms with Crippen LogP contribution in [0.15, 0.2) is 42.5 Å². The van der Waals surface area contributed by atoms with Gasteiger partial charge in [0.25, 0.3) is 0 Å². The van der Waals surface area contributed by atoms with Gasteiger partial charge < -0.3 is 15.2 Å². The number of rotatable bonds is 6. The van der Waals surface area contributed by atoms with Gasteiger partial charge >= 0.3 is 5.97 Å². The van der Waals surface area contributed by atoms with E-state index in [0.717, 1.165) is 36.7 Å². The van der Waals surface area contributed by atoms with Crippen LogP contribution in [0.5, 0.6) is 5.75 Å². The Bertz CT molecular complexity index is 1170. The average molecular weight is 431 g/mol. The SMILES string of the molecule is C#Cc1ccc(-c2nnc(N[C@@H]3CCCN(CC(=O)OCC)C3)c3ccccc23)c(O)c1. The van der Waals surface area contributed by atoms with Crippen LogP contribution >= 0.6 is 0 Å². The van der Waals surface area contributed by atoms with E-state index < -0.39 is 0 Å². The number of benzene rings is 2. The van der Waals surface area contributed by atoms with Gasteiger partial charge in [0.2, 0.25) is 0 Å². The summed E-state index contributed by atoms with van der Waals surface area (Å²) in [5.74, 6) is 3.08. The minimum absolute atomic E-state index is 0.0718. The number of ether oxygens (including phenoxy) is 1. The van der Waals surface area contributed by atoms with E-state index in [9.17, 15) is 9.90 Å². The predicted octanol–water partition coefficient (Wildman–Crippen LogP) is 3.42. The highest BCUT2D eigenvalue weighted by molar-refractivity contribution is 6.01. The third kappa shape index (κ3) is 4.66. The Balaban J connectivity index is 1.59. The van der Waals surface area contributed by atoms with Crippen LogP contribution in [0.4, 0.5) is 5.82 Å². The molecule has 0 saturated carbocycles. The number of aromatic nitrogens is 2. The van der Waals surface area contributed by atoms with Gasteiger partial charge in [0.05, 0.1) is 13.2 Å². The zero-order valence-electron chi connectivity index (χ0n) is 18.0. The maximum Gasteiger partial charge on any atom is 0.320 e. The van der Waals surface area contributed by atoms with Crippen LogP contribution in [-0.2, 0) is 9.53 Å². The van der Waals surface area contributed by atoms with Crippen molar-refractivity contribution in [2.45, 2.75) is 25.8 Å². The predicted molar refractivity (Wildman–Crippen MR) is 124 cm³/mol. The molecule has 1 atom stereocenters. The van der Waals surface area contributed by atoms with E-state index in [0.29, 0.717) is 35.8 Å². The molecular weight excluding hydrogens is 404 g/mol. The lowest BCUT2D eigenvalue weighted by molar-refractivity contribution is -0.144. The first-order valence-electron chi connectivity index (χ1n) is 10.8. The maximum absolute atomic E-state index is 11.9. The first-order valence-corrected chi connectivity index (χ1v) is 10.8. The molecule has 7 heteroatoms. The molecule has 0 aliphatic carbocycles. The van der Waals surface area contributed by atoms with Gasteiger partial charge in [-0.1, -0.05) is 30.2 Å². The highest BCUT2D eigenvalue weighted by Crippen LogP contribution is 2.35. The fourth-order valence-electron chi connectivity index (χ4n) is 4.13. The van der Waals surface area contributed by atoms with Crippen LogP contribution in [0, 0.1) is 12.3 Å². The number of anilines is 1. The van der Waals surface area contributed by atoms with Crippen molar-refractivity contribution >= 4 is 22.6 Å². The summed E-state index contributed by atoms with van der Waals surface area (Å²) < 4.78 is 5.08. The molecule has 1 saturated heterocycles. The Morgan fingerprint density at radius 2 is 2.09 bits per heavy atom. The van der Waals surface area contributed by atoms with Crippen molar-refractivity contribution < 1.29 is 14.6 Å². The van der Waals surface area contributed by atoms with Gasteiger partial charge in [0.15, 0.2) is 5.82 Å². The Kier molecular flexibility index (Phi) is 6.52. The number of nitrogens with one attached hydrogen (secondary N) is 1. The van der Waals surface area contributed by atoms with Crippen LogP contribution < -0.4 is 5.32 Å². The van der Waals surface area contributed by atoms with Crippen molar-refractivity contribution in [2.24, 2.45) is 0 Å². The number of terminal acetylenes is 1. The second kappa shape index (κ2) is 9.67. The molecule has 0 unspecified atom stereocenters. The molecule has 1 fully saturated rings. The quantitative estimate of drug-likeness (QED) is 0.458. The van der Waals surface area contributed by atoms with Crippen LogP contribution in [0.1, 0.15) is 25.3 Å². The molecule has 2 aromatic carbocycles. The van der Waals surface area contributed by atoms with E-state index in [1.54, 1.807) is 18.2 Å². The van der Waals surface area contributed by atoms with Gasteiger partial charge in [-0.05, 0) is 44.5 Å². The molecule has 0 radical (unpaired) electrons. The summed E-state index contributed by atoms with van der Waals surface area (Å²) in [7, 11) is 0. The van der Waals surface area contributed by atoms with Crippen LogP contribution in [0.3, 0.4) is 0 Å². The molecule has 1 aliphatic rings. The van der Waals surface area contributed by atoms with Crippen LogP contribution in [0.25, 0.3) is 22.0 Å². The number of carbonyl (C=O) groups is 1. The zero-order chi connectivity index (χ0) is 22.5. The fourth-order valence-corrected chi connectivity index (χ4v) is 4.13. The molecule has 0 bridgehead atoms. The largest absolute Gasteiger partial charge is 0.507 e. The third-order valence-electron chi connectivity index (χ3n) is 5.61.